The van der Waals surface area contributed by atoms with Gasteiger partial charge in [0.25, 0.3) is 11.2 Å². The number of nitrogens with zero attached hydrogens (tertiary/aromatic N) is 3. The molecule has 9 nitrogen and oxygen atoms in total. The molecule has 1 unspecified atom stereocenters. The Bertz CT molecular complexity index is 1810. The predicted molar refractivity (Wildman–Crippen MR) is 145 cm³/mol. The lowest BCUT2D eigenvalue weighted by atomic mass is 9.96. The van der Waals surface area contributed by atoms with E-state index in [2.05, 4.69) is 4.99 Å². The van der Waals surface area contributed by atoms with Crippen LogP contribution in [0, 0.1) is 17.0 Å². The number of fused-ring (bicyclic) bond motifs is 1. The average Bonchev–Trinajstić information content (AvgIpc) is 3.47. The fourth-order valence-corrected chi connectivity index (χ4v) is 5.87. The van der Waals surface area contributed by atoms with Gasteiger partial charge in [-0.2, -0.15) is 0 Å². The Hall–Kier alpha value is -4.22. The molecular formula is C27H21N3O6S2. The molecule has 0 radical (unpaired) electrons. The minimum atomic E-state index is -1.13. The van der Waals surface area contributed by atoms with E-state index < -0.39 is 16.9 Å². The maximum absolute atomic E-state index is 13.6. The quantitative estimate of drug-likeness (QED) is 0.214. The second kappa shape index (κ2) is 9.92. The van der Waals surface area contributed by atoms with Crippen LogP contribution in [0.3, 0.4) is 0 Å². The highest BCUT2D eigenvalue weighted by molar-refractivity contribution is 7.98. The number of benzene rings is 2. The largest absolute Gasteiger partial charge is 0.478 e. The molecule has 0 spiro atoms. The zero-order valence-electron chi connectivity index (χ0n) is 20.5. The van der Waals surface area contributed by atoms with Gasteiger partial charge in [0.2, 0.25) is 0 Å². The molecule has 1 aliphatic heterocycles. The van der Waals surface area contributed by atoms with Crippen molar-refractivity contribution < 1.29 is 19.2 Å². The molecule has 0 saturated heterocycles. The molecule has 1 N–H and O–H groups in total. The third-order valence-electron chi connectivity index (χ3n) is 6.27. The van der Waals surface area contributed by atoms with Crippen molar-refractivity contribution in [2.24, 2.45) is 4.99 Å². The number of rotatable bonds is 6. The molecular weight excluding hydrogens is 526 g/mol. The number of aromatic nitrogens is 1. The number of non-ortho nitro benzene ring substituents is 1. The first kappa shape index (κ1) is 25.4. The zero-order valence-corrected chi connectivity index (χ0v) is 22.1. The summed E-state index contributed by atoms with van der Waals surface area (Å²) in [6, 6.07) is 14.6. The van der Waals surface area contributed by atoms with Crippen molar-refractivity contribution in [1.82, 2.24) is 4.57 Å². The first-order chi connectivity index (χ1) is 18.2. The molecule has 38 heavy (non-hydrogen) atoms. The standard InChI is InChI=1S/C27H21N3O6S2/c1-14-12-17(30(34)35)6-10-20(14)21-11-7-18(36-21)13-22-25(31)29-24(16-4-8-19(37-3)9-5-16)23(26(32)33)15(2)28-27(29)38-22/h4-13,24H,1-3H3,(H,32,33). The van der Waals surface area contributed by atoms with Gasteiger partial charge in [0, 0.05) is 28.7 Å². The van der Waals surface area contributed by atoms with E-state index in [1.54, 1.807) is 49.9 Å². The Balaban J connectivity index is 1.60. The summed E-state index contributed by atoms with van der Waals surface area (Å²) in [5, 5.41) is 21.0. The lowest BCUT2D eigenvalue weighted by Crippen LogP contribution is -2.39. The summed E-state index contributed by atoms with van der Waals surface area (Å²) in [5.41, 5.74) is 2.08. The summed E-state index contributed by atoms with van der Waals surface area (Å²) in [5.74, 6) is -0.209. The van der Waals surface area contributed by atoms with Gasteiger partial charge in [-0.25, -0.2) is 9.79 Å². The third kappa shape index (κ3) is 4.50. The van der Waals surface area contributed by atoms with Crippen molar-refractivity contribution >= 4 is 40.8 Å². The van der Waals surface area contributed by atoms with Crippen LogP contribution >= 0.6 is 23.1 Å². The molecule has 1 aliphatic rings. The van der Waals surface area contributed by atoms with Gasteiger partial charge in [0.15, 0.2) is 4.80 Å². The Morgan fingerprint density at radius 3 is 2.55 bits per heavy atom. The summed E-state index contributed by atoms with van der Waals surface area (Å²) in [6.45, 7) is 3.39. The molecule has 2 aromatic heterocycles. The van der Waals surface area contributed by atoms with E-state index in [1.165, 1.54) is 16.7 Å². The fourth-order valence-electron chi connectivity index (χ4n) is 4.44. The van der Waals surface area contributed by atoms with E-state index in [1.807, 2.05) is 30.5 Å². The van der Waals surface area contributed by atoms with Crippen molar-refractivity contribution in [1.29, 1.82) is 0 Å². The minimum absolute atomic E-state index is 0.00666. The van der Waals surface area contributed by atoms with E-state index in [9.17, 15) is 24.8 Å². The van der Waals surface area contributed by atoms with Gasteiger partial charge in [0.05, 0.1) is 26.8 Å². The van der Waals surface area contributed by atoms with Crippen LogP contribution in [-0.4, -0.2) is 26.8 Å². The third-order valence-corrected chi connectivity index (χ3v) is 8.00. The number of aliphatic carboxylic acids is 1. The van der Waals surface area contributed by atoms with Crippen molar-refractivity contribution in [3.63, 3.8) is 0 Å². The zero-order chi connectivity index (χ0) is 27.1. The van der Waals surface area contributed by atoms with E-state index >= 15 is 0 Å². The highest BCUT2D eigenvalue weighted by Gasteiger charge is 2.32. The number of nitro benzene ring substituents is 1. The number of hydrogen-bond donors (Lipinski definition) is 1. The van der Waals surface area contributed by atoms with Crippen LogP contribution in [0.2, 0.25) is 0 Å². The second-order valence-electron chi connectivity index (χ2n) is 8.62. The van der Waals surface area contributed by atoms with Gasteiger partial charge >= 0.3 is 5.97 Å². The Morgan fingerprint density at radius 1 is 1.18 bits per heavy atom. The number of nitro groups is 1. The first-order valence-corrected chi connectivity index (χ1v) is 13.5. The van der Waals surface area contributed by atoms with Crippen molar-refractivity contribution in [2.75, 3.05) is 6.26 Å². The summed E-state index contributed by atoms with van der Waals surface area (Å²) >= 11 is 2.73. The molecule has 192 valence electrons. The first-order valence-electron chi connectivity index (χ1n) is 11.4. The summed E-state index contributed by atoms with van der Waals surface area (Å²) in [6.07, 6.45) is 3.55. The number of aryl methyl sites for hydroxylation is 1. The molecule has 1 atom stereocenters. The molecule has 0 saturated carbocycles. The van der Waals surface area contributed by atoms with Crippen LogP contribution in [0.25, 0.3) is 17.4 Å². The van der Waals surface area contributed by atoms with Crippen LogP contribution in [0.4, 0.5) is 5.69 Å². The summed E-state index contributed by atoms with van der Waals surface area (Å²) < 4.78 is 7.72. The van der Waals surface area contributed by atoms with Crippen LogP contribution in [0.5, 0.6) is 0 Å². The van der Waals surface area contributed by atoms with E-state index in [0.717, 1.165) is 16.2 Å². The van der Waals surface area contributed by atoms with Gasteiger partial charge in [0.1, 0.15) is 11.5 Å². The predicted octanol–water partition coefficient (Wildman–Crippen LogP) is 4.52. The molecule has 0 aliphatic carbocycles. The van der Waals surface area contributed by atoms with Crippen LogP contribution in [0.15, 0.2) is 85.0 Å². The second-order valence-corrected chi connectivity index (χ2v) is 10.5. The highest BCUT2D eigenvalue weighted by atomic mass is 32.2. The van der Waals surface area contributed by atoms with Crippen molar-refractivity contribution in [2.45, 2.75) is 24.8 Å². The van der Waals surface area contributed by atoms with Crippen molar-refractivity contribution in [3.8, 4) is 11.3 Å². The normalized spacial score (nSPS) is 15.3. The molecule has 0 fully saturated rings. The fraction of sp³-hybridized carbons (Fsp3) is 0.148. The van der Waals surface area contributed by atoms with E-state index in [-0.39, 0.29) is 16.8 Å². The molecule has 2 aromatic carbocycles. The highest BCUT2D eigenvalue weighted by Crippen LogP contribution is 2.31. The number of allylic oxidation sites excluding steroid dienone is 1. The van der Waals surface area contributed by atoms with Crippen molar-refractivity contribution in [3.05, 3.63) is 113 Å². The maximum atomic E-state index is 13.6. The Labute approximate surface area is 224 Å². The smallest absolute Gasteiger partial charge is 0.335 e. The number of hydrogen-bond acceptors (Lipinski definition) is 8. The Morgan fingerprint density at radius 2 is 1.92 bits per heavy atom. The summed E-state index contributed by atoms with van der Waals surface area (Å²) in [7, 11) is 0. The number of carboxylic acid groups (broad SMARTS) is 1. The SMILES string of the molecule is CSc1ccc(C2C(C(=O)O)=C(C)N=c3sc(=Cc4ccc(-c5ccc([N+](=O)[O-])cc5C)o4)c(=O)n32)cc1. The van der Waals surface area contributed by atoms with Crippen LogP contribution in [0.1, 0.15) is 29.9 Å². The topological polar surface area (TPSA) is 128 Å². The minimum Gasteiger partial charge on any atom is -0.478 e. The molecule has 0 amide bonds. The van der Waals surface area contributed by atoms with E-state index in [0.29, 0.717) is 43.2 Å². The number of thioether (sulfide) groups is 1. The molecule has 4 aromatic rings. The van der Waals surface area contributed by atoms with Gasteiger partial charge < -0.3 is 9.52 Å². The number of carbonyl (C=O) groups is 1. The molecule has 5 rings (SSSR count). The van der Waals surface area contributed by atoms with Gasteiger partial charge in [-0.1, -0.05) is 23.5 Å². The molecule has 3 heterocycles. The number of thiazole rings is 1. The summed E-state index contributed by atoms with van der Waals surface area (Å²) in [4.78, 5) is 42.3. The van der Waals surface area contributed by atoms with Gasteiger partial charge in [-0.15, -0.1) is 11.8 Å². The lowest BCUT2D eigenvalue weighted by molar-refractivity contribution is -0.384. The molecule has 0 bridgehead atoms. The lowest BCUT2D eigenvalue weighted by Gasteiger charge is -2.23. The van der Waals surface area contributed by atoms with Crippen LogP contribution < -0.4 is 14.9 Å². The molecule has 11 heteroatoms. The van der Waals surface area contributed by atoms with E-state index in [4.69, 9.17) is 4.42 Å². The number of carboxylic acids is 1. The monoisotopic (exact) mass is 547 g/mol. The average molecular weight is 548 g/mol. The van der Waals surface area contributed by atoms with Gasteiger partial charge in [-0.05, 0) is 61.6 Å². The van der Waals surface area contributed by atoms with Gasteiger partial charge in [-0.3, -0.25) is 19.5 Å². The van der Waals surface area contributed by atoms with Crippen LogP contribution in [-0.2, 0) is 4.79 Å². The number of furan rings is 1. The Kier molecular flexibility index (Phi) is 6.64. The maximum Gasteiger partial charge on any atom is 0.335 e.